The van der Waals surface area contributed by atoms with Gasteiger partial charge in [0.25, 0.3) is 0 Å². The van der Waals surface area contributed by atoms with Gasteiger partial charge in [-0.15, -0.1) is 0 Å². The third-order valence-electron chi connectivity index (χ3n) is 1.73. The Labute approximate surface area is 82.6 Å². The molecular formula is C11H12O3. The molecule has 0 spiro atoms. The monoisotopic (exact) mass is 192 g/mol. The highest BCUT2D eigenvalue weighted by Crippen LogP contribution is 2.16. The number of carbonyl (C=O) groups is 1. The highest BCUT2D eigenvalue weighted by Gasteiger charge is 2.00. The van der Waals surface area contributed by atoms with Crippen molar-refractivity contribution in [3.05, 3.63) is 35.9 Å². The lowest BCUT2D eigenvalue weighted by Crippen LogP contribution is -1.89. The lowest BCUT2D eigenvalue weighted by atomic mass is 10.1. The van der Waals surface area contributed by atoms with Crippen LogP contribution in [0.5, 0.6) is 5.75 Å². The maximum absolute atomic E-state index is 10.7. The molecule has 0 atom stereocenters. The number of ether oxygens (including phenoxy) is 1. The summed E-state index contributed by atoms with van der Waals surface area (Å²) in [6, 6.07) is 6.82. The van der Waals surface area contributed by atoms with E-state index in [0.29, 0.717) is 11.3 Å². The van der Waals surface area contributed by atoms with Crippen LogP contribution in [-0.4, -0.2) is 18.0 Å². The van der Waals surface area contributed by atoms with Crippen LogP contribution in [0.25, 0.3) is 5.76 Å². The zero-order valence-corrected chi connectivity index (χ0v) is 8.15. The van der Waals surface area contributed by atoms with Gasteiger partial charge in [0.1, 0.15) is 11.5 Å². The van der Waals surface area contributed by atoms with Crippen LogP contribution in [0.1, 0.15) is 12.5 Å². The Hall–Kier alpha value is -1.77. The van der Waals surface area contributed by atoms with Gasteiger partial charge >= 0.3 is 0 Å². The minimum atomic E-state index is -0.182. The molecule has 0 heterocycles. The number of hydrogen-bond acceptors (Lipinski definition) is 3. The summed E-state index contributed by atoms with van der Waals surface area (Å²) in [6.07, 6.45) is 1.18. The second kappa shape index (κ2) is 4.46. The predicted molar refractivity (Wildman–Crippen MR) is 54.3 cm³/mol. The summed E-state index contributed by atoms with van der Waals surface area (Å²) in [5, 5.41) is 9.45. The van der Waals surface area contributed by atoms with Crippen molar-refractivity contribution >= 4 is 11.5 Å². The van der Waals surface area contributed by atoms with E-state index in [-0.39, 0.29) is 11.5 Å². The minimum absolute atomic E-state index is 0.0276. The lowest BCUT2D eigenvalue weighted by Gasteiger charge is -2.01. The molecule has 0 aliphatic carbocycles. The summed E-state index contributed by atoms with van der Waals surface area (Å²) in [4.78, 5) is 10.7. The van der Waals surface area contributed by atoms with E-state index in [1.807, 2.05) is 0 Å². The molecule has 0 fully saturated rings. The van der Waals surface area contributed by atoms with Gasteiger partial charge in [-0.05, 0) is 31.2 Å². The molecule has 1 aromatic carbocycles. The van der Waals surface area contributed by atoms with Crippen molar-refractivity contribution in [3.63, 3.8) is 0 Å². The van der Waals surface area contributed by atoms with Gasteiger partial charge in [0.2, 0.25) is 0 Å². The van der Waals surface area contributed by atoms with Crippen LogP contribution in [0.3, 0.4) is 0 Å². The molecular weight excluding hydrogens is 180 g/mol. The van der Waals surface area contributed by atoms with Gasteiger partial charge in [-0.25, -0.2) is 0 Å². The molecule has 0 saturated carbocycles. The van der Waals surface area contributed by atoms with E-state index in [1.54, 1.807) is 31.4 Å². The maximum Gasteiger partial charge on any atom is 0.156 e. The Morgan fingerprint density at radius 1 is 1.36 bits per heavy atom. The van der Waals surface area contributed by atoms with Crippen LogP contribution < -0.4 is 4.74 Å². The fourth-order valence-corrected chi connectivity index (χ4v) is 1.04. The van der Waals surface area contributed by atoms with Crippen molar-refractivity contribution < 1.29 is 14.6 Å². The first-order valence-corrected chi connectivity index (χ1v) is 4.19. The predicted octanol–water partition coefficient (Wildman–Crippen LogP) is 2.18. The zero-order chi connectivity index (χ0) is 10.6. The largest absolute Gasteiger partial charge is 0.507 e. The topological polar surface area (TPSA) is 46.5 Å². The molecule has 3 heteroatoms. The molecule has 0 bridgehead atoms. The molecule has 0 aliphatic heterocycles. The summed E-state index contributed by atoms with van der Waals surface area (Å²) < 4.78 is 4.96. The van der Waals surface area contributed by atoms with Crippen molar-refractivity contribution in [2.24, 2.45) is 0 Å². The Kier molecular flexibility index (Phi) is 3.29. The van der Waals surface area contributed by atoms with E-state index >= 15 is 0 Å². The Bertz CT molecular complexity index is 349. The quantitative estimate of drug-likeness (QED) is 0.589. The summed E-state index contributed by atoms with van der Waals surface area (Å²) in [6.45, 7) is 1.39. The third kappa shape index (κ3) is 2.62. The van der Waals surface area contributed by atoms with E-state index in [1.165, 1.54) is 13.0 Å². The molecule has 0 radical (unpaired) electrons. The number of allylic oxidation sites excluding steroid dienone is 1. The molecule has 3 nitrogen and oxygen atoms in total. The molecule has 1 N–H and O–H groups in total. The number of methoxy groups -OCH3 is 1. The van der Waals surface area contributed by atoms with Crippen molar-refractivity contribution in [1.82, 2.24) is 0 Å². The highest BCUT2D eigenvalue weighted by molar-refractivity contribution is 5.93. The average Bonchev–Trinajstić information content (AvgIpc) is 2.17. The first-order chi connectivity index (χ1) is 6.63. The van der Waals surface area contributed by atoms with E-state index in [4.69, 9.17) is 4.74 Å². The Balaban J connectivity index is 2.92. The summed E-state index contributed by atoms with van der Waals surface area (Å²) in [5.74, 6) is 0.503. The van der Waals surface area contributed by atoms with Crippen LogP contribution in [0, 0.1) is 0 Å². The second-order valence-electron chi connectivity index (χ2n) is 2.87. The summed E-state index contributed by atoms with van der Waals surface area (Å²) in [7, 11) is 1.57. The highest BCUT2D eigenvalue weighted by atomic mass is 16.5. The number of aliphatic hydroxyl groups excluding tert-OH is 1. The van der Waals surface area contributed by atoms with Crippen molar-refractivity contribution in [1.29, 1.82) is 0 Å². The number of benzene rings is 1. The number of hydrogen-bond donors (Lipinski definition) is 1. The van der Waals surface area contributed by atoms with Crippen molar-refractivity contribution in [3.8, 4) is 5.75 Å². The number of rotatable bonds is 3. The van der Waals surface area contributed by atoms with Crippen LogP contribution in [-0.2, 0) is 4.79 Å². The average molecular weight is 192 g/mol. The second-order valence-corrected chi connectivity index (χ2v) is 2.87. The molecule has 1 aromatic rings. The Morgan fingerprint density at radius 3 is 2.36 bits per heavy atom. The molecule has 74 valence electrons. The molecule has 1 rings (SSSR count). The molecule has 0 aromatic heterocycles. The van der Waals surface area contributed by atoms with Gasteiger partial charge in [-0.2, -0.15) is 0 Å². The number of carbonyl (C=O) groups excluding carboxylic acids is 1. The lowest BCUT2D eigenvalue weighted by molar-refractivity contribution is -0.112. The minimum Gasteiger partial charge on any atom is -0.507 e. The third-order valence-corrected chi connectivity index (χ3v) is 1.73. The van der Waals surface area contributed by atoms with E-state index < -0.39 is 0 Å². The normalized spacial score (nSPS) is 11.1. The van der Waals surface area contributed by atoms with Crippen LogP contribution in [0.4, 0.5) is 0 Å². The smallest absolute Gasteiger partial charge is 0.156 e. The fourth-order valence-electron chi connectivity index (χ4n) is 1.04. The van der Waals surface area contributed by atoms with Gasteiger partial charge in [-0.3, -0.25) is 4.79 Å². The van der Waals surface area contributed by atoms with Gasteiger partial charge in [0.15, 0.2) is 5.78 Å². The first-order valence-electron chi connectivity index (χ1n) is 4.19. The van der Waals surface area contributed by atoms with Crippen molar-refractivity contribution in [2.75, 3.05) is 7.11 Å². The molecule has 0 aliphatic rings. The molecule has 0 amide bonds. The van der Waals surface area contributed by atoms with Crippen LogP contribution in [0.15, 0.2) is 30.3 Å². The van der Waals surface area contributed by atoms with Gasteiger partial charge in [0, 0.05) is 11.6 Å². The zero-order valence-electron chi connectivity index (χ0n) is 8.15. The molecule has 0 saturated heterocycles. The van der Waals surface area contributed by atoms with Gasteiger partial charge < -0.3 is 9.84 Å². The SMILES string of the molecule is COc1ccc(C(O)=CC(C)=O)cc1. The number of ketones is 1. The van der Waals surface area contributed by atoms with Crippen LogP contribution in [0.2, 0.25) is 0 Å². The standard InChI is InChI=1S/C11H12O3/c1-8(12)7-11(13)9-3-5-10(14-2)6-4-9/h3-7,13H,1-2H3. The molecule has 0 unspecified atom stereocenters. The summed E-state index contributed by atoms with van der Waals surface area (Å²) in [5.41, 5.74) is 0.598. The van der Waals surface area contributed by atoms with E-state index in [0.717, 1.165) is 0 Å². The van der Waals surface area contributed by atoms with E-state index in [2.05, 4.69) is 0 Å². The summed E-state index contributed by atoms with van der Waals surface area (Å²) >= 11 is 0. The maximum atomic E-state index is 10.7. The van der Waals surface area contributed by atoms with Gasteiger partial charge in [-0.1, -0.05) is 0 Å². The van der Waals surface area contributed by atoms with Crippen LogP contribution >= 0.6 is 0 Å². The fraction of sp³-hybridized carbons (Fsp3) is 0.182. The van der Waals surface area contributed by atoms with E-state index in [9.17, 15) is 9.90 Å². The first kappa shape index (κ1) is 10.3. The molecule has 14 heavy (non-hydrogen) atoms. The van der Waals surface area contributed by atoms with Gasteiger partial charge in [0.05, 0.1) is 7.11 Å². The van der Waals surface area contributed by atoms with Crippen molar-refractivity contribution in [2.45, 2.75) is 6.92 Å². The number of aliphatic hydroxyl groups is 1. The Morgan fingerprint density at radius 2 is 1.93 bits per heavy atom.